The lowest BCUT2D eigenvalue weighted by Crippen LogP contribution is -2.25. The zero-order chi connectivity index (χ0) is 14.4. The van der Waals surface area contributed by atoms with Crippen molar-refractivity contribution in [1.82, 2.24) is 0 Å². The number of benzene rings is 2. The average molecular weight is 310 g/mol. The van der Waals surface area contributed by atoms with E-state index in [1.165, 1.54) is 12.1 Å². The van der Waals surface area contributed by atoms with Gasteiger partial charge in [-0.2, -0.15) is 0 Å². The topological polar surface area (TPSA) is 52.3 Å². The smallest absolute Gasteiger partial charge is 0.227 e. The first-order valence-electron chi connectivity index (χ1n) is 6.33. The Kier molecular flexibility index (Phi) is 6.85. The summed E-state index contributed by atoms with van der Waals surface area (Å²) in [5.74, 6) is -1.18. The summed E-state index contributed by atoms with van der Waals surface area (Å²) in [5, 5.41) is 0. The lowest BCUT2D eigenvalue weighted by Gasteiger charge is -2.14. The Bertz CT molecular complexity index is 560. The van der Waals surface area contributed by atoms with Crippen LogP contribution in [-0.4, -0.2) is 12.5 Å². The molecule has 2 aromatic rings. The molecule has 0 heterocycles. The highest BCUT2D eigenvalue weighted by molar-refractivity contribution is 5.85. The zero-order valence-corrected chi connectivity index (χ0v) is 12.2. The van der Waals surface area contributed by atoms with E-state index in [1.807, 2.05) is 30.3 Å². The molecule has 0 aromatic heterocycles. The van der Waals surface area contributed by atoms with E-state index in [0.29, 0.717) is 6.61 Å². The van der Waals surface area contributed by atoms with Crippen molar-refractivity contribution >= 4 is 18.3 Å². The molecule has 0 bridgehead atoms. The van der Waals surface area contributed by atoms with Gasteiger partial charge in [0.25, 0.3) is 0 Å². The number of amides is 1. The highest BCUT2D eigenvalue weighted by Crippen LogP contribution is 2.16. The van der Waals surface area contributed by atoms with Crippen LogP contribution in [0.4, 0.5) is 4.39 Å². The summed E-state index contributed by atoms with van der Waals surface area (Å²) in [6.45, 7) is 0.521. The van der Waals surface area contributed by atoms with Crippen molar-refractivity contribution in [3.8, 4) is 0 Å². The van der Waals surface area contributed by atoms with E-state index >= 15 is 0 Å². The minimum absolute atomic E-state index is 0. The van der Waals surface area contributed by atoms with Crippen molar-refractivity contribution < 1.29 is 13.9 Å². The summed E-state index contributed by atoms with van der Waals surface area (Å²) in [6.07, 6.45) is 0. The van der Waals surface area contributed by atoms with Gasteiger partial charge in [0.05, 0.1) is 19.1 Å². The zero-order valence-electron chi connectivity index (χ0n) is 11.4. The SMILES string of the molecule is Cl.NC(=O)C(COCc1ccc(F)cc1)c1ccccc1. The first-order valence-corrected chi connectivity index (χ1v) is 6.33. The van der Waals surface area contributed by atoms with Gasteiger partial charge in [0.2, 0.25) is 5.91 Å². The number of hydrogen-bond acceptors (Lipinski definition) is 2. The second kappa shape index (κ2) is 8.39. The molecule has 5 heteroatoms. The van der Waals surface area contributed by atoms with Crippen LogP contribution in [0.2, 0.25) is 0 Å². The van der Waals surface area contributed by atoms with Crippen LogP contribution in [0, 0.1) is 5.82 Å². The Labute approximate surface area is 129 Å². The monoisotopic (exact) mass is 309 g/mol. The van der Waals surface area contributed by atoms with Crippen LogP contribution < -0.4 is 5.73 Å². The molecule has 0 radical (unpaired) electrons. The van der Waals surface area contributed by atoms with Crippen molar-refractivity contribution in [2.45, 2.75) is 12.5 Å². The van der Waals surface area contributed by atoms with E-state index in [-0.39, 0.29) is 24.8 Å². The van der Waals surface area contributed by atoms with Gasteiger partial charge in [0.15, 0.2) is 0 Å². The molecule has 1 unspecified atom stereocenters. The van der Waals surface area contributed by atoms with Crippen LogP contribution in [0.5, 0.6) is 0 Å². The van der Waals surface area contributed by atoms with E-state index in [9.17, 15) is 9.18 Å². The van der Waals surface area contributed by atoms with Crippen molar-refractivity contribution in [2.75, 3.05) is 6.61 Å². The lowest BCUT2D eigenvalue weighted by molar-refractivity contribution is -0.120. The molecule has 0 saturated heterocycles. The number of rotatable bonds is 6. The minimum Gasteiger partial charge on any atom is -0.376 e. The molecule has 1 atom stereocenters. The Balaban J connectivity index is 0.00000220. The lowest BCUT2D eigenvalue weighted by atomic mass is 10.00. The highest BCUT2D eigenvalue weighted by Gasteiger charge is 2.17. The summed E-state index contributed by atoms with van der Waals surface area (Å²) in [7, 11) is 0. The van der Waals surface area contributed by atoms with E-state index in [0.717, 1.165) is 11.1 Å². The molecule has 0 spiro atoms. The van der Waals surface area contributed by atoms with Gasteiger partial charge in [-0.1, -0.05) is 42.5 Å². The van der Waals surface area contributed by atoms with Crippen LogP contribution >= 0.6 is 12.4 Å². The van der Waals surface area contributed by atoms with Gasteiger partial charge >= 0.3 is 0 Å². The molecule has 0 saturated carbocycles. The quantitative estimate of drug-likeness (QED) is 0.891. The summed E-state index contributed by atoms with van der Waals surface area (Å²) in [4.78, 5) is 11.5. The van der Waals surface area contributed by atoms with Crippen molar-refractivity contribution in [3.05, 3.63) is 71.5 Å². The van der Waals surface area contributed by atoms with E-state index in [2.05, 4.69) is 0 Å². The fourth-order valence-corrected chi connectivity index (χ4v) is 1.90. The number of ether oxygens (including phenoxy) is 1. The number of carbonyl (C=O) groups excluding carboxylic acids is 1. The van der Waals surface area contributed by atoms with Crippen molar-refractivity contribution in [3.63, 3.8) is 0 Å². The summed E-state index contributed by atoms with van der Waals surface area (Å²) < 4.78 is 18.3. The second-order valence-corrected chi connectivity index (χ2v) is 4.51. The van der Waals surface area contributed by atoms with Gasteiger partial charge in [-0.3, -0.25) is 4.79 Å². The summed E-state index contributed by atoms with van der Waals surface area (Å²) >= 11 is 0. The molecule has 1 amide bonds. The summed E-state index contributed by atoms with van der Waals surface area (Å²) in [6, 6.07) is 15.3. The maximum atomic E-state index is 12.8. The van der Waals surface area contributed by atoms with Gasteiger partial charge in [-0.25, -0.2) is 4.39 Å². The molecule has 0 aliphatic carbocycles. The van der Waals surface area contributed by atoms with E-state index in [4.69, 9.17) is 10.5 Å². The number of primary amides is 1. The van der Waals surface area contributed by atoms with Gasteiger partial charge in [-0.05, 0) is 23.3 Å². The van der Waals surface area contributed by atoms with Crippen LogP contribution in [0.25, 0.3) is 0 Å². The third-order valence-corrected chi connectivity index (χ3v) is 3.01. The summed E-state index contributed by atoms with van der Waals surface area (Å²) in [5.41, 5.74) is 7.08. The molecule has 0 aliphatic heterocycles. The number of nitrogens with two attached hydrogens (primary N) is 1. The molecule has 112 valence electrons. The predicted octanol–water partition coefficient (Wildman–Crippen LogP) is 3.03. The predicted molar refractivity (Wildman–Crippen MR) is 81.7 cm³/mol. The molecule has 3 nitrogen and oxygen atoms in total. The van der Waals surface area contributed by atoms with Gasteiger partial charge in [0, 0.05) is 0 Å². The molecular formula is C16H17ClFNO2. The Hall–Kier alpha value is -1.91. The number of hydrogen-bond donors (Lipinski definition) is 1. The van der Waals surface area contributed by atoms with E-state index in [1.54, 1.807) is 12.1 Å². The van der Waals surface area contributed by atoms with Crippen molar-refractivity contribution in [1.29, 1.82) is 0 Å². The second-order valence-electron chi connectivity index (χ2n) is 4.51. The van der Waals surface area contributed by atoms with Crippen LogP contribution in [0.1, 0.15) is 17.0 Å². The number of halogens is 2. The third-order valence-electron chi connectivity index (χ3n) is 3.01. The normalized spacial score (nSPS) is 11.5. The maximum Gasteiger partial charge on any atom is 0.227 e. The van der Waals surface area contributed by atoms with Crippen LogP contribution in [-0.2, 0) is 16.1 Å². The Morgan fingerprint density at radius 2 is 1.71 bits per heavy atom. The van der Waals surface area contributed by atoms with Crippen LogP contribution in [0.15, 0.2) is 54.6 Å². The molecule has 2 rings (SSSR count). The molecular weight excluding hydrogens is 293 g/mol. The van der Waals surface area contributed by atoms with Gasteiger partial charge < -0.3 is 10.5 Å². The van der Waals surface area contributed by atoms with Gasteiger partial charge in [0.1, 0.15) is 5.82 Å². The molecule has 0 aliphatic rings. The molecule has 2 N–H and O–H groups in total. The third kappa shape index (κ3) is 5.17. The van der Waals surface area contributed by atoms with E-state index < -0.39 is 11.8 Å². The minimum atomic E-state index is -0.475. The first kappa shape index (κ1) is 17.1. The molecule has 21 heavy (non-hydrogen) atoms. The molecule has 2 aromatic carbocycles. The largest absolute Gasteiger partial charge is 0.376 e. The number of carbonyl (C=O) groups is 1. The standard InChI is InChI=1S/C16H16FNO2.ClH/c17-14-8-6-12(7-9-14)10-20-11-15(16(18)19)13-4-2-1-3-5-13;/h1-9,15H,10-11H2,(H2,18,19);1H. The van der Waals surface area contributed by atoms with Gasteiger partial charge in [-0.15, -0.1) is 12.4 Å². The van der Waals surface area contributed by atoms with Crippen LogP contribution in [0.3, 0.4) is 0 Å². The first-order chi connectivity index (χ1) is 9.66. The highest BCUT2D eigenvalue weighted by atomic mass is 35.5. The Morgan fingerprint density at radius 1 is 1.10 bits per heavy atom. The average Bonchev–Trinajstić information content (AvgIpc) is 2.46. The maximum absolute atomic E-state index is 12.8. The van der Waals surface area contributed by atoms with Crippen molar-refractivity contribution in [2.24, 2.45) is 5.73 Å². The Morgan fingerprint density at radius 3 is 2.29 bits per heavy atom. The fourth-order valence-electron chi connectivity index (χ4n) is 1.90. The molecule has 0 fully saturated rings. The fraction of sp³-hybridized carbons (Fsp3) is 0.188.